The van der Waals surface area contributed by atoms with Gasteiger partial charge in [0.2, 0.25) is 5.91 Å². The van der Waals surface area contributed by atoms with Crippen molar-refractivity contribution in [2.75, 3.05) is 4.90 Å². The Morgan fingerprint density at radius 2 is 1.71 bits per heavy atom. The van der Waals surface area contributed by atoms with Gasteiger partial charge in [-0.1, -0.05) is 43.6 Å². The van der Waals surface area contributed by atoms with E-state index in [-0.39, 0.29) is 35.3 Å². The molecule has 0 spiro atoms. The second kappa shape index (κ2) is 6.85. The molecule has 0 radical (unpaired) electrons. The van der Waals surface area contributed by atoms with Crippen LogP contribution in [0.5, 0.6) is 0 Å². The Morgan fingerprint density at radius 3 is 2.39 bits per heavy atom. The first-order valence-electron chi connectivity index (χ1n) is 9.36. The maximum atomic E-state index is 13.4. The number of hydrogen-bond donors (Lipinski definition) is 0. The van der Waals surface area contributed by atoms with Gasteiger partial charge in [-0.05, 0) is 47.7 Å². The Morgan fingerprint density at radius 1 is 1.04 bits per heavy atom. The summed E-state index contributed by atoms with van der Waals surface area (Å²) in [5.41, 5.74) is 2.51. The van der Waals surface area contributed by atoms with E-state index in [1.165, 1.54) is 12.1 Å². The normalized spacial score (nSPS) is 21.7. The molecule has 1 aliphatic carbocycles. The van der Waals surface area contributed by atoms with Crippen LogP contribution in [0.25, 0.3) is 0 Å². The topological polar surface area (TPSA) is 37.4 Å². The van der Waals surface area contributed by atoms with E-state index in [2.05, 4.69) is 0 Å². The summed E-state index contributed by atoms with van der Waals surface area (Å²) in [6, 6.07) is 13.2. The van der Waals surface area contributed by atoms with Gasteiger partial charge in [0.05, 0.1) is 0 Å². The zero-order chi connectivity index (χ0) is 20.1. The first-order chi connectivity index (χ1) is 13.3. The second-order valence-corrected chi connectivity index (χ2v) is 8.69. The molecule has 0 saturated heterocycles. The summed E-state index contributed by atoms with van der Waals surface area (Å²) in [7, 11) is 0. The van der Waals surface area contributed by atoms with Gasteiger partial charge in [-0.25, -0.2) is 4.39 Å². The molecule has 0 fully saturated rings. The molecule has 3 nitrogen and oxygen atoms in total. The van der Waals surface area contributed by atoms with E-state index >= 15 is 0 Å². The molecular weight excluding hydrogens is 377 g/mol. The van der Waals surface area contributed by atoms with Gasteiger partial charge in [0.1, 0.15) is 5.82 Å². The molecule has 1 unspecified atom stereocenters. The van der Waals surface area contributed by atoms with Gasteiger partial charge in [-0.15, -0.1) is 0 Å². The first kappa shape index (κ1) is 18.9. The van der Waals surface area contributed by atoms with E-state index in [1.54, 1.807) is 23.1 Å². The summed E-state index contributed by atoms with van der Waals surface area (Å²) in [4.78, 5) is 28.0. The fourth-order valence-electron chi connectivity index (χ4n) is 4.33. The summed E-state index contributed by atoms with van der Waals surface area (Å²) in [6.45, 7) is 4.06. The molecule has 0 bridgehead atoms. The number of nitrogens with zero attached hydrogens (tertiary/aromatic N) is 1. The minimum absolute atomic E-state index is 0.0516. The molecule has 1 amide bonds. The molecule has 28 heavy (non-hydrogen) atoms. The SMILES string of the molecule is CC1(C)CC(=O)C2=C(C1)N(c1ccc(F)cc1)C(=O)CC2c1ccccc1Cl. The molecule has 0 saturated carbocycles. The highest BCUT2D eigenvalue weighted by molar-refractivity contribution is 6.31. The summed E-state index contributed by atoms with van der Waals surface area (Å²) in [6.07, 6.45) is 1.18. The van der Waals surface area contributed by atoms with E-state index in [0.717, 1.165) is 5.56 Å². The monoisotopic (exact) mass is 397 g/mol. The number of allylic oxidation sites excluding steroid dienone is 2. The van der Waals surface area contributed by atoms with Crippen LogP contribution in [0.15, 0.2) is 59.8 Å². The van der Waals surface area contributed by atoms with Crippen molar-refractivity contribution in [1.29, 1.82) is 0 Å². The number of Topliss-reactive ketones (excluding diaryl/α,β-unsaturated/α-hetero) is 1. The van der Waals surface area contributed by atoms with Gasteiger partial charge in [-0.3, -0.25) is 14.5 Å². The molecule has 144 valence electrons. The Labute approximate surface area is 168 Å². The van der Waals surface area contributed by atoms with Crippen LogP contribution in [0.1, 0.15) is 44.6 Å². The number of benzene rings is 2. The number of amides is 1. The van der Waals surface area contributed by atoms with Crippen molar-refractivity contribution < 1.29 is 14.0 Å². The zero-order valence-electron chi connectivity index (χ0n) is 15.8. The molecule has 0 aromatic heterocycles. The molecular formula is C23H21ClFNO2. The van der Waals surface area contributed by atoms with Crippen molar-refractivity contribution in [3.05, 3.63) is 76.2 Å². The highest BCUT2D eigenvalue weighted by Crippen LogP contribution is 2.49. The Hall–Kier alpha value is -2.46. The zero-order valence-corrected chi connectivity index (χ0v) is 16.6. The molecule has 5 heteroatoms. The van der Waals surface area contributed by atoms with Crippen LogP contribution in [0.3, 0.4) is 0 Å². The van der Waals surface area contributed by atoms with Gasteiger partial charge in [0.25, 0.3) is 0 Å². The van der Waals surface area contributed by atoms with Crippen LogP contribution in [0.4, 0.5) is 10.1 Å². The predicted molar refractivity (Wildman–Crippen MR) is 108 cm³/mol. The van der Waals surface area contributed by atoms with Crippen LogP contribution in [0, 0.1) is 11.2 Å². The molecule has 2 aliphatic rings. The second-order valence-electron chi connectivity index (χ2n) is 8.29. The average Bonchev–Trinajstić information content (AvgIpc) is 2.61. The number of halogens is 2. The standard InChI is InChI=1S/C23H21ClFNO2/c1-23(2)12-19-22(20(27)13-23)17(16-5-3-4-6-18(16)24)11-21(28)26(19)15-9-7-14(25)8-10-15/h3-10,17H,11-13H2,1-2H3. The summed E-state index contributed by atoms with van der Waals surface area (Å²) in [5.74, 6) is -0.774. The highest BCUT2D eigenvalue weighted by Gasteiger charge is 2.44. The van der Waals surface area contributed by atoms with Crippen molar-refractivity contribution in [2.24, 2.45) is 5.41 Å². The third kappa shape index (κ3) is 3.26. The Kier molecular flexibility index (Phi) is 4.62. The summed E-state index contributed by atoms with van der Waals surface area (Å²) in [5, 5.41) is 0.556. The van der Waals surface area contributed by atoms with Gasteiger partial charge in [-0.2, -0.15) is 0 Å². The lowest BCUT2D eigenvalue weighted by Gasteiger charge is -2.43. The Bertz CT molecular complexity index is 994. The lowest BCUT2D eigenvalue weighted by molar-refractivity contribution is -0.121. The lowest BCUT2D eigenvalue weighted by Crippen LogP contribution is -2.43. The van der Waals surface area contributed by atoms with Crippen molar-refractivity contribution in [1.82, 2.24) is 0 Å². The number of hydrogen-bond acceptors (Lipinski definition) is 2. The van der Waals surface area contributed by atoms with Crippen LogP contribution in [-0.4, -0.2) is 11.7 Å². The number of carbonyl (C=O) groups excluding carboxylic acids is 2. The third-order valence-corrected chi connectivity index (χ3v) is 5.85. The van der Waals surface area contributed by atoms with Crippen molar-refractivity contribution in [3.63, 3.8) is 0 Å². The van der Waals surface area contributed by atoms with Gasteiger partial charge in [0, 0.05) is 40.7 Å². The molecule has 1 aliphatic heterocycles. The van der Waals surface area contributed by atoms with Crippen LogP contribution in [0.2, 0.25) is 5.02 Å². The van der Waals surface area contributed by atoms with E-state index in [0.29, 0.717) is 34.8 Å². The van der Waals surface area contributed by atoms with Gasteiger partial charge < -0.3 is 0 Å². The molecule has 4 rings (SSSR count). The molecule has 1 heterocycles. The van der Waals surface area contributed by atoms with Gasteiger partial charge in [0.15, 0.2) is 5.78 Å². The smallest absolute Gasteiger partial charge is 0.232 e. The summed E-state index contributed by atoms with van der Waals surface area (Å²) < 4.78 is 13.4. The van der Waals surface area contributed by atoms with Crippen molar-refractivity contribution >= 4 is 29.0 Å². The minimum atomic E-state index is -0.364. The number of anilines is 1. The average molecular weight is 398 g/mol. The van der Waals surface area contributed by atoms with Crippen molar-refractivity contribution in [3.8, 4) is 0 Å². The van der Waals surface area contributed by atoms with E-state index in [1.807, 2.05) is 32.0 Å². The minimum Gasteiger partial charge on any atom is -0.294 e. The quantitative estimate of drug-likeness (QED) is 0.657. The molecule has 1 atom stereocenters. The van der Waals surface area contributed by atoms with E-state index < -0.39 is 0 Å². The number of ketones is 1. The van der Waals surface area contributed by atoms with E-state index in [9.17, 15) is 14.0 Å². The first-order valence-corrected chi connectivity index (χ1v) is 9.74. The van der Waals surface area contributed by atoms with Crippen LogP contribution in [-0.2, 0) is 9.59 Å². The predicted octanol–water partition coefficient (Wildman–Crippen LogP) is 5.64. The van der Waals surface area contributed by atoms with Crippen LogP contribution >= 0.6 is 11.6 Å². The van der Waals surface area contributed by atoms with Gasteiger partial charge >= 0.3 is 0 Å². The maximum Gasteiger partial charge on any atom is 0.232 e. The number of carbonyl (C=O) groups is 2. The Balaban J connectivity index is 1.91. The third-order valence-electron chi connectivity index (χ3n) is 5.51. The molecule has 2 aromatic rings. The van der Waals surface area contributed by atoms with Crippen LogP contribution < -0.4 is 4.90 Å². The maximum absolute atomic E-state index is 13.4. The highest BCUT2D eigenvalue weighted by atomic mass is 35.5. The van der Waals surface area contributed by atoms with E-state index in [4.69, 9.17) is 11.6 Å². The fourth-order valence-corrected chi connectivity index (χ4v) is 4.60. The largest absolute Gasteiger partial charge is 0.294 e. The lowest BCUT2D eigenvalue weighted by atomic mass is 9.69. The fraction of sp³-hybridized carbons (Fsp3) is 0.304. The van der Waals surface area contributed by atoms with Crippen molar-refractivity contribution in [2.45, 2.75) is 39.0 Å². The molecule has 0 N–H and O–H groups in total. The molecule has 2 aromatic carbocycles. The summed E-state index contributed by atoms with van der Waals surface area (Å²) >= 11 is 6.41. The number of rotatable bonds is 2.